The van der Waals surface area contributed by atoms with Crippen LogP contribution in [0, 0.1) is 6.92 Å². The first-order valence-corrected chi connectivity index (χ1v) is 8.57. The maximum absolute atomic E-state index is 13.5. The van der Waals surface area contributed by atoms with E-state index in [9.17, 15) is 26.7 Å². The Balaban J connectivity index is 2.69. The van der Waals surface area contributed by atoms with Crippen molar-refractivity contribution in [2.75, 3.05) is 6.61 Å². The van der Waals surface area contributed by atoms with E-state index in [1.165, 1.54) is 11.6 Å². The summed E-state index contributed by atoms with van der Waals surface area (Å²) in [5.74, 6) is -1.91. The Morgan fingerprint density at radius 1 is 1.21 bits per heavy atom. The number of nitrogens with zero attached hydrogens (tertiary/aromatic N) is 3. The zero-order valence-corrected chi connectivity index (χ0v) is 16.4. The van der Waals surface area contributed by atoms with Crippen molar-refractivity contribution >= 4 is 5.97 Å². The van der Waals surface area contributed by atoms with Gasteiger partial charge in [-0.1, -0.05) is 0 Å². The van der Waals surface area contributed by atoms with E-state index in [-0.39, 0.29) is 23.7 Å². The molecule has 0 aliphatic rings. The van der Waals surface area contributed by atoms with Crippen molar-refractivity contribution in [2.45, 2.75) is 52.8 Å². The van der Waals surface area contributed by atoms with E-state index in [0.717, 1.165) is 0 Å². The largest absolute Gasteiger partial charge is 0.461 e. The first kappa shape index (κ1) is 22.6. The first-order valence-electron chi connectivity index (χ1n) is 8.57. The molecule has 2 heterocycles. The average molecular weight is 421 g/mol. The molecule has 2 rings (SSSR count). The molecule has 0 aliphatic carbocycles. The van der Waals surface area contributed by atoms with Crippen LogP contribution in [0.3, 0.4) is 0 Å². The quantitative estimate of drug-likeness (QED) is 0.486. The van der Waals surface area contributed by atoms with Gasteiger partial charge in [-0.05, 0) is 34.6 Å². The van der Waals surface area contributed by atoms with E-state index < -0.39 is 41.0 Å². The number of rotatable bonds is 5. The van der Waals surface area contributed by atoms with Gasteiger partial charge in [-0.15, -0.1) is 0 Å². The fraction of sp³-hybridized carbons (Fsp3) is 0.500. The Bertz CT molecular complexity index is 901. The summed E-state index contributed by atoms with van der Waals surface area (Å²) < 4.78 is 78.3. The van der Waals surface area contributed by atoms with E-state index >= 15 is 0 Å². The van der Waals surface area contributed by atoms with E-state index in [1.807, 2.05) is 0 Å². The van der Waals surface area contributed by atoms with E-state index in [0.29, 0.717) is 12.4 Å². The second-order valence-electron chi connectivity index (χ2n) is 7.08. The number of carbonyl (C=O) groups is 1. The maximum atomic E-state index is 13.5. The van der Waals surface area contributed by atoms with Gasteiger partial charge in [0, 0.05) is 11.8 Å². The number of ether oxygens (including phenoxy) is 2. The highest BCUT2D eigenvalue weighted by Crippen LogP contribution is 2.44. The molecular weight excluding hydrogens is 401 g/mol. The van der Waals surface area contributed by atoms with Crippen molar-refractivity contribution in [3.05, 3.63) is 34.8 Å². The molecule has 0 saturated carbocycles. The molecule has 0 N–H and O–H groups in total. The highest BCUT2D eigenvalue weighted by Gasteiger charge is 2.40. The highest BCUT2D eigenvalue weighted by molar-refractivity contribution is 5.89. The molecule has 2 aromatic heterocycles. The molecule has 0 radical (unpaired) electrons. The molecule has 0 unspecified atom stereocenters. The molecule has 2 aromatic rings. The van der Waals surface area contributed by atoms with E-state index in [1.54, 1.807) is 27.7 Å². The van der Waals surface area contributed by atoms with Gasteiger partial charge >= 0.3 is 12.1 Å². The zero-order valence-electron chi connectivity index (χ0n) is 16.4. The summed E-state index contributed by atoms with van der Waals surface area (Å²) in [7, 11) is 0. The number of hydrogen-bond acceptors (Lipinski definition) is 5. The summed E-state index contributed by atoms with van der Waals surface area (Å²) in [6.45, 7) is 8.10. The van der Waals surface area contributed by atoms with Crippen molar-refractivity contribution in [1.29, 1.82) is 0 Å². The normalized spacial score (nSPS) is 12.4. The molecule has 29 heavy (non-hydrogen) atoms. The van der Waals surface area contributed by atoms with Crippen molar-refractivity contribution in [1.82, 2.24) is 14.8 Å². The van der Waals surface area contributed by atoms with Gasteiger partial charge in [0.1, 0.15) is 5.56 Å². The van der Waals surface area contributed by atoms with Crippen LogP contribution in [-0.2, 0) is 16.5 Å². The lowest BCUT2D eigenvalue weighted by molar-refractivity contribution is -0.140. The Hall–Kier alpha value is -2.72. The molecule has 0 aliphatic heterocycles. The number of carbonyl (C=O) groups excluding carboxylic acids is 1. The Kier molecular flexibility index (Phi) is 6.19. The lowest BCUT2D eigenvalue weighted by Gasteiger charge is -2.23. The fourth-order valence-electron chi connectivity index (χ4n) is 2.56. The van der Waals surface area contributed by atoms with Gasteiger partial charge in [0.05, 0.1) is 23.9 Å². The van der Waals surface area contributed by atoms with Gasteiger partial charge < -0.3 is 9.47 Å². The monoisotopic (exact) mass is 421 g/mol. The predicted octanol–water partition coefficient (Wildman–Crippen LogP) is 5.27. The van der Waals surface area contributed by atoms with Gasteiger partial charge in [-0.2, -0.15) is 18.3 Å². The van der Waals surface area contributed by atoms with Crippen LogP contribution in [0.15, 0.2) is 12.4 Å². The Morgan fingerprint density at radius 3 is 2.31 bits per heavy atom. The number of pyridine rings is 1. The summed E-state index contributed by atoms with van der Waals surface area (Å²) in [4.78, 5) is 15.6. The summed E-state index contributed by atoms with van der Waals surface area (Å²) in [6, 6.07) is 0. The van der Waals surface area contributed by atoms with Crippen molar-refractivity contribution in [2.24, 2.45) is 0 Å². The predicted molar refractivity (Wildman–Crippen MR) is 92.2 cm³/mol. The standard InChI is InChI=1S/C18H20F5N3O3/c1-6-28-16(27)13-9(2)15(26(25-13)17(3,4)5)29-11-8-24-7-10(14(19)20)12(11)18(21,22)23/h7-8,14H,6H2,1-5H3. The third kappa shape index (κ3) is 4.65. The van der Waals surface area contributed by atoms with Crippen molar-refractivity contribution in [3.63, 3.8) is 0 Å². The number of aromatic nitrogens is 3. The number of alkyl halides is 5. The van der Waals surface area contributed by atoms with Crippen LogP contribution in [0.5, 0.6) is 11.6 Å². The third-order valence-corrected chi connectivity index (χ3v) is 3.84. The maximum Gasteiger partial charge on any atom is 0.420 e. The lowest BCUT2D eigenvalue weighted by atomic mass is 10.1. The average Bonchev–Trinajstić information content (AvgIpc) is 2.91. The van der Waals surface area contributed by atoms with Crippen molar-refractivity contribution in [3.8, 4) is 11.6 Å². The molecule has 6 nitrogen and oxygen atoms in total. The Morgan fingerprint density at radius 2 is 1.83 bits per heavy atom. The molecule has 0 saturated heterocycles. The van der Waals surface area contributed by atoms with Crippen LogP contribution in [0.1, 0.15) is 61.3 Å². The van der Waals surface area contributed by atoms with Gasteiger partial charge in [0.15, 0.2) is 11.4 Å². The van der Waals surface area contributed by atoms with Crippen LogP contribution < -0.4 is 4.74 Å². The minimum Gasteiger partial charge on any atom is -0.461 e. The highest BCUT2D eigenvalue weighted by atomic mass is 19.4. The molecule has 11 heteroatoms. The molecule has 160 valence electrons. The Labute approximate surface area is 163 Å². The topological polar surface area (TPSA) is 66.2 Å². The minimum atomic E-state index is -5.12. The second kappa shape index (κ2) is 7.96. The number of esters is 1. The van der Waals surface area contributed by atoms with Crippen molar-refractivity contribution < 1.29 is 36.2 Å². The third-order valence-electron chi connectivity index (χ3n) is 3.84. The van der Waals surface area contributed by atoms with Gasteiger partial charge in [-0.25, -0.2) is 18.3 Å². The molecule has 0 aromatic carbocycles. The van der Waals surface area contributed by atoms with Gasteiger partial charge in [-0.3, -0.25) is 4.98 Å². The second-order valence-corrected chi connectivity index (χ2v) is 7.08. The molecule has 0 amide bonds. The zero-order chi connectivity index (χ0) is 22.1. The first-order chi connectivity index (χ1) is 13.3. The summed E-state index contributed by atoms with van der Waals surface area (Å²) >= 11 is 0. The summed E-state index contributed by atoms with van der Waals surface area (Å²) in [5.41, 5.74) is -3.80. The van der Waals surface area contributed by atoms with Crippen LogP contribution in [0.4, 0.5) is 22.0 Å². The SMILES string of the molecule is CCOC(=O)c1nn(C(C)(C)C)c(Oc2cncc(C(F)F)c2C(F)(F)F)c1C. The smallest absolute Gasteiger partial charge is 0.420 e. The fourth-order valence-corrected chi connectivity index (χ4v) is 2.56. The number of halogens is 5. The molecule has 0 atom stereocenters. The molecule has 0 fully saturated rings. The minimum absolute atomic E-state index is 0.0649. The van der Waals surface area contributed by atoms with E-state index in [2.05, 4.69) is 10.1 Å². The van der Waals surface area contributed by atoms with Gasteiger partial charge in [0.25, 0.3) is 6.43 Å². The summed E-state index contributed by atoms with van der Waals surface area (Å²) in [5, 5.41) is 4.11. The van der Waals surface area contributed by atoms with Crippen LogP contribution in [-0.4, -0.2) is 27.3 Å². The number of hydrogen-bond donors (Lipinski definition) is 0. The molecule has 0 bridgehead atoms. The van der Waals surface area contributed by atoms with Crippen LogP contribution >= 0.6 is 0 Å². The molecule has 0 spiro atoms. The lowest BCUT2D eigenvalue weighted by Crippen LogP contribution is -2.24. The van der Waals surface area contributed by atoms with Crippen LogP contribution in [0.2, 0.25) is 0 Å². The van der Waals surface area contributed by atoms with Gasteiger partial charge in [0.2, 0.25) is 5.88 Å². The van der Waals surface area contributed by atoms with E-state index in [4.69, 9.17) is 9.47 Å². The van der Waals surface area contributed by atoms with Crippen LogP contribution in [0.25, 0.3) is 0 Å². The molecular formula is C18H20F5N3O3. The summed E-state index contributed by atoms with van der Waals surface area (Å²) in [6.07, 6.45) is -7.39.